The summed E-state index contributed by atoms with van der Waals surface area (Å²) in [6.07, 6.45) is 0. The smallest absolute Gasteiger partial charge is 0.0520 e. The van der Waals surface area contributed by atoms with Crippen LogP contribution in [-0.4, -0.2) is 7.05 Å². The fraction of sp³-hybridized carbons (Fsp3) is 0.231. The molecule has 2 N–H and O–H groups in total. The molecule has 0 radical (unpaired) electrons. The molecule has 2 rings (SSSR count). The molecule has 1 aromatic carbocycles. The zero-order chi connectivity index (χ0) is 12.3. The van der Waals surface area contributed by atoms with E-state index < -0.39 is 0 Å². The molecule has 1 heterocycles. The number of hydrogen-bond donors (Lipinski definition) is 1. The molecule has 2 nitrogen and oxygen atoms in total. The maximum atomic E-state index is 5.75. The number of para-hydroxylation sites is 1. The van der Waals surface area contributed by atoms with Crippen molar-refractivity contribution in [2.24, 2.45) is 5.73 Å². The van der Waals surface area contributed by atoms with E-state index >= 15 is 0 Å². The molecule has 90 valence electrons. The van der Waals surface area contributed by atoms with Crippen LogP contribution >= 0.6 is 27.3 Å². The molecule has 0 atom stereocenters. The minimum atomic E-state index is 0.578. The third-order valence-electron chi connectivity index (χ3n) is 2.64. The highest BCUT2D eigenvalue weighted by molar-refractivity contribution is 9.10. The number of hydrogen-bond acceptors (Lipinski definition) is 3. The van der Waals surface area contributed by atoms with E-state index in [0.29, 0.717) is 6.54 Å². The molecule has 17 heavy (non-hydrogen) atoms. The van der Waals surface area contributed by atoms with Gasteiger partial charge in [-0.2, -0.15) is 0 Å². The summed E-state index contributed by atoms with van der Waals surface area (Å²) in [5, 5.41) is 2.11. The third-order valence-corrected chi connectivity index (χ3v) is 4.32. The standard InChI is InChI=1S/C13H15BrN2S/c1-16(8-12-6-11(14)9-17-12)13-5-3-2-4-10(13)7-15/h2-6,9H,7-8,15H2,1H3. The van der Waals surface area contributed by atoms with Crippen LogP contribution in [-0.2, 0) is 13.1 Å². The molecule has 0 aliphatic rings. The van der Waals surface area contributed by atoms with Gasteiger partial charge >= 0.3 is 0 Å². The Labute approximate surface area is 114 Å². The van der Waals surface area contributed by atoms with E-state index in [1.54, 1.807) is 11.3 Å². The molecular weight excluding hydrogens is 296 g/mol. The molecule has 4 heteroatoms. The summed E-state index contributed by atoms with van der Waals surface area (Å²) in [6, 6.07) is 10.4. The third kappa shape index (κ3) is 3.09. The van der Waals surface area contributed by atoms with E-state index in [4.69, 9.17) is 5.73 Å². The van der Waals surface area contributed by atoms with Crippen molar-refractivity contribution in [1.82, 2.24) is 0 Å². The lowest BCUT2D eigenvalue weighted by Gasteiger charge is -2.21. The lowest BCUT2D eigenvalue weighted by Crippen LogP contribution is -2.18. The first-order valence-electron chi connectivity index (χ1n) is 5.42. The number of halogens is 1. The predicted molar refractivity (Wildman–Crippen MR) is 78.5 cm³/mol. The minimum absolute atomic E-state index is 0.578. The van der Waals surface area contributed by atoms with Crippen LogP contribution in [0.4, 0.5) is 5.69 Å². The first kappa shape index (κ1) is 12.6. The number of nitrogens with zero attached hydrogens (tertiary/aromatic N) is 1. The normalized spacial score (nSPS) is 10.5. The van der Waals surface area contributed by atoms with E-state index in [1.165, 1.54) is 16.1 Å². The monoisotopic (exact) mass is 310 g/mol. The largest absolute Gasteiger partial charge is 0.369 e. The molecule has 1 aromatic heterocycles. The maximum Gasteiger partial charge on any atom is 0.0520 e. The second kappa shape index (κ2) is 5.67. The molecule has 0 spiro atoms. The lowest BCUT2D eigenvalue weighted by molar-refractivity contribution is 0.917. The van der Waals surface area contributed by atoms with E-state index in [9.17, 15) is 0 Å². The highest BCUT2D eigenvalue weighted by Crippen LogP contribution is 2.25. The average Bonchev–Trinajstić information content (AvgIpc) is 2.74. The Hall–Kier alpha value is -0.840. The van der Waals surface area contributed by atoms with Crippen molar-refractivity contribution >= 4 is 33.0 Å². The SMILES string of the molecule is CN(Cc1cc(Br)cs1)c1ccccc1CN. The summed E-state index contributed by atoms with van der Waals surface area (Å²) in [6.45, 7) is 1.49. The van der Waals surface area contributed by atoms with Gasteiger partial charge in [-0.1, -0.05) is 18.2 Å². The molecule has 0 aliphatic heterocycles. The van der Waals surface area contributed by atoms with Gasteiger partial charge in [0.15, 0.2) is 0 Å². The van der Waals surface area contributed by atoms with Crippen LogP contribution in [0.5, 0.6) is 0 Å². The van der Waals surface area contributed by atoms with Crippen molar-refractivity contribution in [3.05, 3.63) is 50.6 Å². The van der Waals surface area contributed by atoms with Gasteiger partial charge in [-0.25, -0.2) is 0 Å². The highest BCUT2D eigenvalue weighted by atomic mass is 79.9. The van der Waals surface area contributed by atoms with Gasteiger partial charge in [-0.15, -0.1) is 11.3 Å². The van der Waals surface area contributed by atoms with Crippen LogP contribution in [0.2, 0.25) is 0 Å². The van der Waals surface area contributed by atoms with Crippen LogP contribution in [0.1, 0.15) is 10.4 Å². The van der Waals surface area contributed by atoms with Crippen LogP contribution in [0.25, 0.3) is 0 Å². The molecule has 0 saturated carbocycles. The zero-order valence-corrected chi connectivity index (χ0v) is 12.1. The topological polar surface area (TPSA) is 29.3 Å². The van der Waals surface area contributed by atoms with Crippen molar-refractivity contribution in [2.75, 3.05) is 11.9 Å². The van der Waals surface area contributed by atoms with Crippen molar-refractivity contribution < 1.29 is 0 Å². The van der Waals surface area contributed by atoms with Crippen molar-refractivity contribution in [3.63, 3.8) is 0 Å². The van der Waals surface area contributed by atoms with Gasteiger partial charge in [0.25, 0.3) is 0 Å². The number of nitrogens with two attached hydrogens (primary N) is 1. The predicted octanol–water partition coefficient (Wildman–Crippen LogP) is 3.61. The fourth-order valence-corrected chi connectivity index (χ4v) is 3.31. The number of rotatable bonds is 4. The first-order chi connectivity index (χ1) is 8.20. The molecule has 0 fully saturated rings. The molecule has 0 bridgehead atoms. The Morgan fingerprint density at radius 3 is 2.76 bits per heavy atom. The Morgan fingerprint density at radius 1 is 1.35 bits per heavy atom. The molecule has 0 unspecified atom stereocenters. The summed E-state index contributed by atoms with van der Waals surface area (Å²) >= 11 is 5.24. The summed E-state index contributed by atoms with van der Waals surface area (Å²) < 4.78 is 1.15. The van der Waals surface area contributed by atoms with Gasteiger partial charge in [0.1, 0.15) is 0 Å². The van der Waals surface area contributed by atoms with E-state index in [0.717, 1.165) is 11.0 Å². The first-order valence-corrected chi connectivity index (χ1v) is 7.10. The molecule has 0 aliphatic carbocycles. The van der Waals surface area contributed by atoms with Crippen molar-refractivity contribution in [2.45, 2.75) is 13.1 Å². The fourth-order valence-electron chi connectivity index (χ4n) is 1.81. The van der Waals surface area contributed by atoms with Crippen LogP contribution in [0.3, 0.4) is 0 Å². The van der Waals surface area contributed by atoms with E-state index in [2.05, 4.69) is 57.5 Å². The second-order valence-electron chi connectivity index (χ2n) is 3.92. The van der Waals surface area contributed by atoms with Gasteiger partial charge in [0, 0.05) is 34.0 Å². The summed E-state index contributed by atoms with van der Waals surface area (Å²) in [7, 11) is 2.10. The highest BCUT2D eigenvalue weighted by Gasteiger charge is 2.07. The quantitative estimate of drug-likeness (QED) is 0.935. The minimum Gasteiger partial charge on any atom is -0.369 e. The second-order valence-corrected chi connectivity index (χ2v) is 5.83. The Balaban J connectivity index is 2.16. The van der Waals surface area contributed by atoms with Gasteiger partial charge < -0.3 is 10.6 Å². The van der Waals surface area contributed by atoms with Crippen molar-refractivity contribution in [3.8, 4) is 0 Å². The Morgan fingerprint density at radius 2 is 2.12 bits per heavy atom. The van der Waals surface area contributed by atoms with E-state index in [1.807, 2.05) is 6.07 Å². The van der Waals surface area contributed by atoms with Crippen LogP contribution in [0, 0.1) is 0 Å². The lowest BCUT2D eigenvalue weighted by atomic mass is 10.1. The Kier molecular flexibility index (Phi) is 4.20. The van der Waals surface area contributed by atoms with Gasteiger partial charge in [0.2, 0.25) is 0 Å². The molecule has 2 aromatic rings. The van der Waals surface area contributed by atoms with E-state index in [-0.39, 0.29) is 0 Å². The van der Waals surface area contributed by atoms with Crippen LogP contribution in [0.15, 0.2) is 40.2 Å². The van der Waals surface area contributed by atoms with Gasteiger partial charge in [-0.3, -0.25) is 0 Å². The summed E-state index contributed by atoms with van der Waals surface area (Å²) in [4.78, 5) is 3.58. The molecular formula is C13H15BrN2S. The summed E-state index contributed by atoms with van der Waals surface area (Å²) in [5.74, 6) is 0. The number of benzene rings is 1. The van der Waals surface area contributed by atoms with Crippen molar-refractivity contribution in [1.29, 1.82) is 0 Å². The van der Waals surface area contributed by atoms with Gasteiger partial charge in [0.05, 0.1) is 6.54 Å². The Bertz CT molecular complexity index is 496. The van der Waals surface area contributed by atoms with Crippen LogP contribution < -0.4 is 10.6 Å². The zero-order valence-electron chi connectivity index (χ0n) is 9.69. The average molecular weight is 311 g/mol. The van der Waals surface area contributed by atoms with Gasteiger partial charge in [-0.05, 0) is 33.6 Å². The molecule has 0 saturated heterocycles. The number of anilines is 1. The summed E-state index contributed by atoms with van der Waals surface area (Å²) in [5.41, 5.74) is 8.15. The number of thiophene rings is 1. The molecule has 0 amide bonds. The maximum absolute atomic E-state index is 5.75.